The third-order valence-electron chi connectivity index (χ3n) is 4.16. The van der Waals surface area contributed by atoms with Gasteiger partial charge in [0, 0.05) is 54.3 Å². The van der Waals surface area contributed by atoms with Crippen LogP contribution in [0.5, 0.6) is 0 Å². The standard InChI is InChI=1S/C17H18ClN5O2/c1-9-12(22-10(2)15(9)14(24)3-4-18)7-13-16(20-6-5-19-13)11-8-21-23-17(11)25/h5-6,8,22H,3-4,7H2,1-2H3,(H2,21,23,25). The van der Waals surface area contributed by atoms with Crippen molar-refractivity contribution >= 4 is 17.4 Å². The number of carbonyl (C=O) groups is 1. The molecule has 3 N–H and O–H groups in total. The molecule has 0 radical (unpaired) electrons. The molecule has 0 aliphatic carbocycles. The summed E-state index contributed by atoms with van der Waals surface area (Å²) in [6, 6.07) is 0. The summed E-state index contributed by atoms with van der Waals surface area (Å²) in [6.45, 7) is 3.77. The van der Waals surface area contributed by atoms with E-state index >= 15 is 0 Å². The van der Waals surface area contributed by atoms with Gasteiger partial charge in [-0.05, 0) is 19.4 Å². The van der Waals surface area contributed by atoms with Crippen molar-refractivity contribution in [3.63, 3.8) is 0 Å². The van der Waals surface area contributed by atoms with Gasteiger partial charge in [0.1, 0.15) is 0 Å². The van der Waals surface area contributed by atoms with Crippen LogP contribution in [0.2, 0.25) is 0 Å². The summed E-state index contributed by atoms with van der Waals surface area (Å²) in [5.41, 5.74) is 4.62. The summed E-state index contributed by atoms with van der Waals surface area (Å²) in [4.78, 5) is 36.1. The lowest BCUT2D eigenvalue weighted by atomic mass is 10.0. The van der Waals surface area contributed by atoms with Crippen molar-refractivity contribution in [2.24, 2.45) is 0 Å². The van der Waals surface area contributed by atoms with Crippen LogP contribution in [-0.4, -0.2) is 36.8 Å². The van der Waals surface area contributed by atoms with E-state index in [0.717, 1.165) is 17.0 Å². The number of H-pyrrole nitrogens is 3. The lowest BCUT2D eigenvalue weighted by molar-refractivity contribution is 0.0988. The number of hydrogen-bond acceptors (Lipinski definition) is 4. The van der Waals surface area contributed by atoms with Gasteiger partial charge in [0.25, 0.3) is 5.56 Å². The van der Waals surface area contributed by atoms with Crippen LogP contribution in [0.15, 0.2) is 23.4 Å². The number of hydrogen-bond donors (Lipinski definition) is 3. The van der Waals surface area contributed by atoms with Crippen LogP contribution in [0.1, 0.15) is 39.4 Å². The quantitative estimate of drug-likeness (QED) is 0.464. The number of nitrogens with zero attached hydrogens (tertiary/aromatic N) is 2. The third-order valence-corrected chi connectivity index (χ3v) is 4.35. The molecule has 0 fully saturated rings. The lowest BCUT2D eigenvalue weighted by Gasteiger charge is -2.05. The SMILES string of the molecule is Cc1[nH]c(Cc2nccnc2-c2c[nH][nH]c2=O)c(C)c1C(=O)CCCl. The van der Waals surface area contributed by atoms with E-state index in [-0.39, 0.29) is 11.3 Å². The number of halogens is 1. The van der Waals surface area contributed by atoms with E-state index in [4.69, 9.17) is 11.6 Å². The Morgan fingerprint density at radius 3 is 2.68 bits per heavy atom. The van der Waals surface area contributed by atoms with Crippen molar-refractivity contribution < 1.29 is 4.79 Å². The molecule has 0 unspecified atom stereocenters. The van der Waals surface area contributed by atoms with Crippen molar-refractivity contribution in [2.45, 2.75) is 26.7 Å². The molecule has 0 amide bonds. The van der Waals surface area contributed by atoms with Gasteiger partial charge in [-0.25, -0.2) is 0 Å². The normalized spacial score (nSPS) is 11.0. The molecule has 0 aromatic carbocycles. The van der Waals surface area contributed by atoms with Gasteiger partial charge in [0.05, 0.1) is 17.0 Å². The summed E-state index contributed by atoms with van der Waals surface area (Å²) in [5, 5.41) is 5.17. The maximum absolute atomic E-state index is 12.3. The Balaban J connectivity index is 2.00. The minimum absolute atomic E-state index is 0.0222. The zero-order chi connectivity index (χ0) is 18.0. The van der Waals surface area contributed by atoms with E-state index in [0.29, 0.717) is 41.2 Å². The number of nitrogens with one attached hydrogen (secondary N) is 3. The minimum atomic E-state index is -0.251. The molecular formula is C17H18ClN5O2. The molecule has 3 heterocycles. The van der Waals surface area contributed by atoms with Crippen molar-refractivity contribution in [1.82, 2.24) is 25.1 Å². The van der Waals surface area contributed by atoms with Crippen molar-refractivity contribution in [3.8, 4) is 11.3 Å². The number of aryl methyl sites for hydroxylation is 1. The predicted molar refractivity (Wildman–Crippen MR) is 95.2 cm³/mol. The van der Waals surface area contributed by atoms with Gasteiger partial charge in [-0.1, -0.05) is 0 Å². The fourth-order valence-electron chi connectivity index (χ4n) is 2.99. The number of alkyl halides is 1. The highest BCUT2D eigenvalue weighted by molar-refractivity contribution is 6.19. The molecule has 0 aliphatic rings. The minimum Gasteiger partial charge on any atom is -0.361 e. The van der Waals surface area contributed by atoms with E-state index in [1.807, 2.05) is 13.8 Å². The first-order valence-electron chi connectivity index (χ1n) is 7.86. The highest BCUT2D eigenvalue weighted by Crippen LogP contribution is 2.24. The first kappa shape index (κ1) is 17.2. The van der Waals surface area contributed by atoms with Gasteiger partial charge in [-0.3, -0.25) is 24.7 Å². The van der Waals surface area contributed by atoms with Gasteiger partial charge < -0.3 is 10.1 Å². The summed E-state index contributed by atoms with van der Waals surface area (Å²) in [6.07, 6.45) is 5.44. The molecule has 0 saturated heterocycles. The van der Waals surface area contributed by atoms with Gasteiger partial charge in [-0.15, -0.1) is 11.6 Å². The first-order chi connectivity index (χ1) is 12.0. The Bertz CT molecular complexity index is 970. The van der Waals surface area contributed by atoms with E-state index in [1.165, 1.54) is 0 Å². The molecular weight excluding hydrogens is 342 g/mol. The van der Waals surface area contributed by atoms with Gasteiger partial charge in [-0.2, -0.15) is 0 Å². The molecule has 3 aromatic heterocycles. The molecule has 0 saturated carbocycles. The van der Waals surface area contributed by atoms with Crippen molar-refractivity contribution in [2.75, 3.05) is 5.88 Å². The Hall–Kier alpha value is -2.67. The van der Waals surface area contributed by atoms with Crippen LogP contribution in [0.4, 0.5) is 0 Å². The molecule has 0 bridgehead atoms. The number of ketones is 1. The van der Waals surface area contributed by atoms with Gasteiger partial charge in [0.2, 0.25) is 0 Å². The maximum Gasteiger partial charge on any atom is 0.273 e. The topological polar surface area (TPSA) is 107 Å². The van der Waals surface area contributed by atoms with Crippen LogP contribution in [-0.2, 0) is 6.42 Å². The average molecular weight is 360 g/mol. The number of aromatic nitrogens is 5. The summed E-state index contributed by atoms with van der Waals surface area (Å²) in [7, 11) is 0. The number of Topliss-reactive ketones (excluding diaryl/α,β-unsaturated/α-hetero) is 1. The van der Waals surface area contributed by atoms with Crippen molar-refractivity contribution in [3.05, 3.63) is 57.2 Å². The summed E-state index contributed by atoms with van der Waals surface area (Å²) < 4.78 is 0. The third kappa shape index (κ3) is 3.28. The van der Waals surface area contributed by atoms with Crippen molar-refractivity contribution in [1.29, 1.82) is 0 Å². The van der Waals surface area contributed by atoms with E-state index in [9.17, 15) is 9.59 Å². The molecule has 0 aliphatic heterocycles. The molecule has 130 valence electrons. The van der Waals surface area contributed by atoms with Crippen LogP contribution in [0.25, 0.3) is 11.3 Å². The monoisotopic (exact) mass is 359 g/mol. The van der Waals surface area contributed by atoms with Gasteiger partial charge >= 0.3 is 0 Å². The average Bonchev–Trinajstić information content (AvgIpc) is 3.12. The zero-order valence-corrected chi connectivity index (χ0v) is 14.7. The number of rotatable bonds is 6. The highest BCUT2D eigenvalue weighted by atomic mass is 35.5. The van der Waals surface area contributed by atoms with E-state index in [1.54, 1.807) is 18.6 Å². The fourth-order valence-corrected chi connectivity index (χ4v) is 3.16. The number of aromatic amines is 3. The Kier molecular flexibility index (Phi) is 4.85. The lowest BCUT2D eigenvalue weighted by Crippen LogP contribution is -2.07. The van der Waals surface area contributed by atoms with Crippen LogP contribution in [0.3, 0.4) is 0 Å². The Morgan fingerprint density at radius 2 is 2.00 bits per heavy atom. The predicted octanol–water partition coefficient (Wildman–Crippen LogP) is 2.51. The molecule has 25 heavy (non-hydrogen) atoms. The van der Waals surface area contributed by atoms with Crippen LogP contribution < -0.4 is 5.56 Å². The molecule has 0 atom stereocenters. The second-order valence-corrected chi connectivity index (χ2v) is 6.15. The molecule has 0 spiro atoms. The largest absolute Gasteiger partial charge is 0.361 e. The van der Waals surface area contributed by atoms with E-state index < -0.39 is 0 Å². The molecule has 8 heteroatoms. The highest BCUT2D eigenvalue weighted by Gasteiger charge is 2.20. The molecule has 3 aromatic rings. The Morgan fingerprint density at radius 1 is 1.24 bits per heavy atom. The maximum atomic E-state index is 12.3. The second-order valence-electron chi connectivity index (χ2n) is 5.78. The van der Waals surface area contributed by atoms with E-state index in [2.05, 4.69) is 25.1 Å². The molecule has 7 nitrogen and oxygen atoms in total. The zero-order valence-electron chi connectivity index (χ0n) is 13.9. The second kappa shape index (κ2) is 7.06. The number of carbonyl (C=O) groups excluding carboxylic acids is 1. The Labute approximate surface area is 148 Å². The fraction of sp³-hybridized carbons (Fsp3) is 0.294. The first-order valence-corrected chi connectivity index (χ1v) is 8.39. The summed E-state index contributed by atoms with van der Waals surface area (Å²) >= 11 is 5.70. The smallest absolute Gasteiger partial charge is 0.273 e. The van der Waals surface area contributed by atoms with Crippen LogP contribution in [0, 0.1) is 13.8 Å². The van der Waals surface area contributed by atoms with Gasteiger partial charge in [0.15, 0.2) is 5.78 Å². The van der Waals surface area contributed by atoms with Crippen LogP contribution >= 0.6 is 11.6 Å². The summed E-state index contributed by atoms with van der Waals surface area (Å²) in [5.74, 6) is 0.317. The molecule has 3 rings (SSSR count).